The Bertz CT molecular complexity index is 753. The Kier molecular flexibility index (Phi) is 11.1. The zero-order valence-electron chi connectivity index (χ0n) is 15.8. The van der Waals surface area contributed by atoms with E-state index in [1.807, 2.05) is 0 Å². The molecule has 1 unspecified atom stereocenters. The topological polar surface area (TPSA) is 105 Å². The molecule has 14 heteroatoms. The number of nitrogens with zero attached hydrogens (tertiary/aromatic N) is 2. The maximum Gasteiger partial charge on any atom is 0.434 e. The summed E-state index contributed by atoms with van der Waals surface area (Å²) in [5.74, 6) is 0.102. The molecule has 2 rings (SSSR count). The summed E-state index contributed by atoms with van der Waals surface area (Å²) >= 11 is 0.883. The van der Waals surface area contributed by atoms with Crippen LogP contribution in [0.5, 0.6) is 0 Å². The third-order valence-corrected chi connectivity index (χ3v) is 6.14. The van der Waals surface area contributed by atoms with Crippen molar-refractivity contribution in [1.82, 2.24) is 20.3 Å². The molecular weight excluding hydrogens is 546 g/mol. The van der Waals surface area contributed by atoms with Gasteiger partial charge in [-0.05, 0) is 19.3 Å². The molecule has 1 saturated heterocycles. The number of halogens is 4. The van der Waals surface area contributed by atoms with E-state index in [0.717, 1.165) is 36.0 Å². The molecule has 0 bridgehead atoms. The van der Waals surface area contributed by atoms with Crippen LogP contribution in [0.1, 0.15) is 30.0 Å². The first-order valence-corrected chi connectivity index (χ1v) is 11.3. The summed E-state index contributed by atoms with van der Waals surface area (Å²) in [6, 6.07) is 0. The van der Waals surface area contributed by atoms with Crippen LogP contribution in [0.4, 0.5) is 13.2 Å². The predicted octanol–water partition coefficient (Wildman–Crippen LogP) is 1.93. The average Bonchev–Trinajstić information content (AvgIpc) is 3.13. The van der Waals surface area contributed by atoms with Gasteiger partial charge in [-0.1, -0.05) is 0 Å². The van der Waals surface area contributed by atoms with E-state index >= 15 is 0 Å². The van der Waals surface area contributed by atoms with Crippen LogP contribution >= 0.6 is 35.3 Å². The lowest BCUT2D eigenvalue weighted by molar-refractivity contribution is -0.140. The quantitative estimate of drug-likeness (QED) is 0.251. The zero-order valence-corrected chi connectivity index (χ0v) is 19.8. The van der Waals surface area contributed by atoms with E-state index in [4.69, 9.17) is 4.74 Å². The summed E-state index contributed by atoms with van der Waals surface area (Å²) in [6.07, 6.45) is -1.70. The number of nitrogens with one attached hydrogen (secondary N) is 3. The Morgan fingerprint density at radius 3 is 2.72 bits per heavy atom. The number of aliphatic imine (C=N–C) groups is 1. The van der Waals surface area contributed by atoms with Crippen molar-refractivity contribution >= 4 is 51.3 Å². The molecule has 1 aliphatic rings. The van der Waals surface area contributed by atoms with Gasteiger partial charge in [0.05, 0.1) is 18.4 Å². The van der Waals surface area contributed by atoms with Gasteiger partial charge in [0.15, 0.2) is 11.7 Å². The normalized spacial score (nSPS) is 18.2. The van der Waals surface area contributed by atoms with Gasteiger partial charge in [0, 0.05) is 32.1 Å². The predicted molar refractivity (Wildman–Crippen MR) is 116 cm³/mol. The van der Waals surface area contributed by atoms with Gasteiger partial charge in [-0.25, -0.2) is 18.1 Å². The smallest absolute Gasteiger partial charge is 0.377 e. The van der Waals surface area contributed by atoms with Gasteiger partial charge in [0.2, 0.25) is 10.0 Å². The Hall–Kier alpha value is -0.710. The monoisotopic (exact) mass is 571 g/mol. The lowest BCUT2D eigenvalue weighted by Gasteiger charge is -2.22. The van der Waals surface area contributed by atoms with Crippen molar-refractivity contribution in [3.8, 4) is 0 Å². The number of hydrogen-bond acceptors (Lipinski definition) is 6. The van der Waals surface area contributed by atoms with E-state index in [1.165, 1.54) is 7.05 Å². The minimum Gasteiger partial charge on any atom is -0.377 e. The number of hydrogen-bond donors (Lipinski definition) is 3. The van der Waals surface area contributed by atoms with Crippen molar-refractivity contribution in [2.24, 2.45) is 4.99 Å². The van der Waals surface area contributed by atoms with Crippen LogP contribution in [0.3, 0.4) is 0 Å². The number of alkyl halides is 3. The SMILES string of the molecule is CN=C(NCCS(=O)(=O)NCC1CCCCO1)NCc1nc(C(F)(F)F)cs1.I. The fraction of sp³-hybridized carbons (Fsp3) is 0.733. The van der Waals surface area contributed by atoms with Gasteiger partial charge in [-0.2, -0.15) is 13.2 Å². The van der Waals surface area contributed by atoms with Crippen molar-refractivity contribution in [2.75, 3.05) is 32.5 Å². The molecule has 29 heavy (non-hydrogen) atoms. The van der Waals surface area contributed by atoms with Crippen molar-refractivity contribution in [2.45, 2.75) is 38.1 Å². The summed E-state index contributed by atoms with van der Waals surface area (Å²) in [5.41, 5.74) is -0.934. The second-order valence-corrected chi connectivity index (χ2v) is 9.00. The standard InChI is InChI=1S/C15H24F3N5O3S2.HI/c1-19-14(21-9-13-23-12(10-27-13)15(16,17)18)20-5-7-28(24,25)22-8-11-4-2-3-6-26-11;/h10-11,22H,2-9H2,1H3,(H2,19,20,21);1H. The van der Waals surface area contributed by atoms with Crippen LogP contribution in [0.25, 0.3) is 0 Å². The van der Waals surface area contributed by atoms with Crippen molar-refractivity contribution in [3.63, 3.8) is 0 Å². The summed E-state index contributed by atoms with van der Waals surface area (Å²) in [4.78, 5) is 7.42. The van der Waals surface area contributed by atoms with E-state index in [-0.39, 0.29) is 66.4 Å². The lowest BCUT2D eigenvalue weighted by Crippen LogP contribution is -2.42. The van der Waals surface area contributed by atoms with Gasteiger partial charge >= 0.3 is 6.18 Å². The highest BCUT2D eigenvalue weighted by Gasteiger charge is 2.33. The Morgan fingerprint density at radius 2 is 2.14 bits per heavy atom. The fourth-order valence-electron chi connectivity index (χ4n) is 2.47. The lowest BCUT2D eigenvalue weighted by atomic mass is 10.1. The summed E-state index contributed by atoms with van der Waals surface area (Å²) in [7, 11) is -2.00. The molecule has 0 aromatic carbocycles. The molecule has 1 aliphatic heterocycles. The minimum absolute atomic E-state index is 0. The summed E-state index contributed by atoms with van der Waals surface area (Å²) in [6.45, 7) is 1.04. The minimum atomic E-state index is -4.47. The van der Waals surface area contributed by atoms with E-state index in [0.29, 0.717) is 6.61 Å². The molecule has 0 spiro atoms. The molecule has 1 aromatic heterocycles. The van der Waals surface area contributed by atoms with Crippen LogP contribution in [-0.2, 0) is 27.5 Å². The second-order valence-electron chi connectivity index (χ2n) is 6.13. The second kappa shape index (κ2) is 12.2. The molecule has 8 nitrogen and oxygen atoms in total. The van der Waals surface area contributed by atoms with Gasteiger partial charge in [-0.15, -0.1) is 35.3 Å². The number of aromatic nitrogens is 1. The molecule has 1 atom stereocenters. The number of guanidine groups is 1. The molecular formula is C15H25F3IN5O3S2. The molecule has 0 amide bonds. The van der Waals surface area contributed by atoms with Crippen LogP contribution in [0.15, 0.2) is 10.4 Å². The molecule has 0 radical (unpaired) electrons. The number of rotatable bonds is 8. The average molecular weight is 571 g/mol. The van der Waals surface area contributed by atoms with Crippen molar-refractivity contribution < 1.29 is 26.3 Å². The largest absolute Gasteiger partial charge is 0.434 e. The highest BCUT2D eigenvalue weighted by Crippen LogP contribution is 2.29. The summed E-state index contributed by atoms with van der Waals surface area (Å²) in [5, 5.41) is 6.81. The number of sulfonamides is 1. The molecule has 1 fully saturated rings. The van der Waals surface area contributed by atoms with E-state index in [1.54, 1.807) is 0 Å². The molecule has 3 N–H and O–H groups in total. The highest BCUT2D eigenvalue weighted by atomic mass is 127. The van der Waals surface area contributed by atoms with E-state index < -0.39 is 21.9 Å². The fourth-order valence-corrected chi connectivity index (χ4v) is 4.16. The maximum atomic E-state index is 12.5. The van der Waals surface area contributed by atoms with Crippen LogP contribution < -0.4 is 15.4 Å². The molecule has 1 aromatic rings. The van der Waals surface area contributed by atoms with Crippen LogP contribution in [0.2, 0.25) is 0 Å². The molecule has 168 valence electrons. The molecule has 0 saturated carbocycles. The van der Waals surface area contributed by atoms with Crippen LogP contribution in [-0.4, -0.2) is 58.0 Å². The third kappa shape index (κ3) is 9.76. The highest BCUT2D eigenvalue weighted by molar-refractivity contribution is 14.0. The Balaban J connectivity index is 0.00000420. The molecule has 0 aliphatic carbocycles. The Labute approximate surface area is 189 Å². The third-order valence-electron chi connectivity index (χ3n) is 3.94. The van der Waals surface area contributed by atoms with Gasteiger partial charge in [-0.3, -0.25) is 4.99 Å². The van der Waals surface area contributed by atoms with Crippen LogP contribution in [0, 0.1) is 0 Å². The maximum absolute atomic E-state index is 12.5. The first-order chi connectivity index (χ1) is 13.2. The Morgan fingerprint density at radius 1 is 1.38 bits per heavy atom. The van der Waals surface area contributed by atoms with Gasteiger partial charge in [0.25, 0.3) is 0 Å². The van der Waals surface area contributed by atoms with Gasteiger partial charge < -0.3 is 15.4 Å². The summed E-state index contributed by atoms with van der Waals surface area (Å²) < 4.78 is 69.7. The van der Waals surface area contributed by atoms with E-state index in [2.05, 4.69) is 25.3 Å². The van der Waals surface area contributed by atoms with Crippen molar-refractivity contribution in [1.29, 1.82) is 0 Å². The first kappa shape index (κ1) is 26.3. The number of ether oxygens (including phenoxy) is 1. The van der Waals surface area contributed by atoms with Crippen molar-refractivity contribution in [3.05, 3.63) is 16.1 Å². The zero-order chi connectivity index (χ0) is 20.6. The first-order valence-electron chi connectivity index (χ1n) is 8.74. The number of thiazole rings is 1. The molecule has 2 heterocycles. The van der Waals surface area contributed by atoms with Gasteiger partial charge in [0.1, 0.15) is 5.01 Å². The van der Waals surface area contributed by atoms with E-state index in [9.17, 15) is 21.6 Å².